The topological polar surface area (TPSA) is 12.5 Å². The second-order valence-electron chi connectivity index (χ2n) is 4.22. The Bertz CT molecular complexity index is 131. The van der Waals surface area contributed by atoms with Crippen LogP contribution in [0.25, 0.3) is 0 Å². The molecule has 86 valence electrons. The van der Waals surface area contributed by atoms with Crippen molar-refractivity contribution in [1.29, 1.82) is 0 Å². The zero-order valence-electron chi connectivity index (χ0n) is 10.6. The molecule has 14 heavy (non-hydrogen) atoms. The molecule has 0 saturated carbocycles. The summed E-state index contributed by atoms with van der Waals surface area (Å²) in [5.74, 6) is 0. The molecule has 0 fully saturated rings. The Morgan fingerprint density at radius 1 is 1.14 bits per heavy atom. The largest absolute Gasteiger partial charge is 0.344 e. The van der Waals surface area contributed by atoms with E-state index in [2.05, 4.69) is 46.0 Å². The maximum Gasteiger partial charge on any atom is 0.101 e. The van der Waals surface area contributed by atoms with E-state index in [9.17, 15) is 0 Å². The number of hydrogen-bond acceptors (Lipinski definition) is 2. The van der Waals surface area contributed by atoms with Crippen molar-refractivity contribution in [1.82, 2.24) is 4.67 Å². The lowest BCUT2D eigenvalue weighted by atomic mass is 10.3. The summed E-state index contributed by atoms with van der Waals surface area (Å²) in [4.78, 5) is 0. The summed E-state index contributed by atoms with van der Waals surface area (Å²) in [6.07, 6.45) is 2.39. The molecule has 0 spiro atoms. The fourth-order valence-corrected chi connectivity index (χ4v) is 3.48. The summed E-state index contributed by atoms with van der Waals surface area (Å²) in [5.41, 5.74) is 0. The molecule has 0 N–H and O–H groups in total. The minimum Gasteiger partial charge on any atom is -0.344 e. The van der Waals surface area contributed by atoms with Gasteiger partial charge in [0.1, 0.15) is 8.30 Å². The van der Waals surface area contributed by atoms with E-state index in [-0.39, 0.29) is 0 Å². The van der Waals surface area contributed by atoms with Gasteiger partial charge in [-0.2, -0.15) is 0 Å². The standard InChI is InChI=1S/C11H26NOP/c1-7-8-9-13-14(6)12(10(2)3)11(4)5/h10-11H,7-9H2,1-6H3. The Kier molecular flexibility index (Phi) is 7.81. The molecule has 2 nitrogen and oxygen atoms in total. The van der Waals surface area contributed by atoms with Crippen LogP contribution in [0.2, 0.25) is 0 Å². The minimum atomic E-state index is -0.401. The van der Waals surface area contributed by atoms with Crippen LogP contribution in [0.5, 0.6) is 0 Å². The van der Waals surface area contributed by atoms with Crippen LogP contribution in [0.4, 0.5) is 0 Å². The molecule has 0 rings (SSSR count). The summed E-state index contributed by atoms with van der Waals surface area (Å²) >= 11 is 0. The zero-order valence-corrected chi connectivity index (χ0v) is 11.5. The van der Waals surface area contributed by atoms with Gasteiger partial charge in [-0.3, -0.25) is 4.67 Å². The van der Waals surface area contributed by atoms with Gasteiger partial charge in [0.2, 0.25) is 0 Å². The van der Waals surface area contributed by atoms with Gasteiger partial charge in [0.15, 0.2) is 0 Å². The predicted octanol–water partition coefficient (Wildman–Crippen LogP) is 3.86. The average molecular weight is 219 g/mol. The quantitative estimate of drug-likeness (QED) is 0.476. The van der Waals surface area contributed by atoms with Crippen LogP contribution < -0.4 is 0 Å². The third-order valence-electron chi connectivity index (χ3n) is 2.16. The van der Waals surface area contributed by atoms with Crippen molar-refractivity contribution in [2.75, 3.05) is 13.3 Å². The second-order valence-corrected chi connectivity index (χ2v) is 5.87. The third-order valence-corrected chi connectivity index (χ3v) is 4.29. The van der Waals surface area contributed by atoms with Crippen LogP contribution in [0.1, 0.15) is 47.5 Å². The van der Waals surface area contributed by atoms with Crippen LogP contribution >= 0.6 is 8.30 Å². The number of nitrogens with zero attached hydrogens (tertiary/aromatic N) is 1. The van der Waals surface area contributed by atoms with E-state index < -0.39 is 8.30 Å². The van der Waals surface area contributed by atoms with E-state index in [0.717, 1.165) is 6.61 Å². The number of hydrogen-bond donors (Lipinski definition) is 0. The van der Waals surface area contributed by atoms with Crippen molar-refractivity contribution < 1.29 is 4.52 Å². The second kappa shape index (κ2) is 7.62. The summed E-state index contributed by atoms with van der Waals surface area (Å²) in [6, 6.07) is 1.15. The van der Waals surface area contributed by atoms with Gasteiger partial charge < -0.3 is 4.52 Å². The molecule has 0 aromatic heterocycles. The van der Waals surface area contributed by atoms with Gasteiger partial charge >= 0.3 is 0 Å². The van der Waals surface area contributed by atoms with Crippen molar-refractivity contribution in [3.8, 4) is 0 Å². The van der Waals surface area contributed by atoms with Crippen LogP contribution in [0.15, 0.2) is 0 Å². The molecule has 0 heterocycles. The fraction of sp³-hybridized carbons (Fsp3) is 1.00. The molecule has 0 aliphatic carbocycles. The summed E-state index contributed by atoms with van der Waals surface area (Å²) in [7, 11) is -0.401. The molecule has 0 aliphatic heterocycles. The summed E-state index contributed by atoms with van der Waals surface area (Å²) in [5, 5.41) is 0. The molecule has 1 unspecified atom stereocenters. The molecule has 0 radical (unpaired) electrons. The van der Waals surface area contributed by atoms with E-state index >= 15 is 0 Å². The predicted molar refractivity (Wildman–Crippen MR) is 65.8 cm³/mol. The monoisotopic (exact) mass is 219 g/mol. The Morgan fingerprint density at radius 3 is 2.00 bits per heavy atom. The maximum atomic E-state index is 5.86. The zero-order chi connectivity index (χ0) is 11.1. The first kappa shape index (κ1) is 14.3. The first-order chi connectivity index (χ1) is 6.50. The van der Waals surface area contributed by atoms with E-state index in [1.807, 2.05) is 0 Å². The average Bonchev–Trinajstić information content (AvgIpc) is 2.03. The Labute approximate surface area is 90.9 Å². The molecule has 0 saturated heterocycles. The molecule has 1 atom stereocenters. The first-order valence-electron chi connectivity index (χ1n) is 5.65. The fourth-order valence-electron chi connectivity index (χ4n) is 1.65. The molecule has 0 amide bonds. The normalized spacial score (nSPS) is 14.4. The third kappa shape index (κ3) is 5.29. The van der Waals surface area contributed by atoms with Crippen molar-refractivity contribution in [3.05, 3.63) is 0 Å². The molecular formula is C11H26NOP. The van der Waals surface area contributed by atoms with Gasteiger partial charge in [0, 0.05) is 12.1 Å². The lowest BCUT2D eigenvalue weighted by Crippen LogP contribution is -2.32. The Morgan fingerprint density at radius 2 is 1.64 bits per heavy atom. The summed E-state index contributed by atoms with van der Waals surface area (Å²) < 4.78 is 8.32. The van der Waals surface area contributed by atoms with Crippen LogP contribution in [0, 0.1) is 0 Å². The van der Waals surface area contributed by atoms with Crippen molar-refractivity contribution >= 4 is 8.30 Å². The molecule has 0 aromatic carbocycles. The van der Waals surface area contributed by atoms with Gasteiger partial charge in [-0.25, -0.2) is 0 Å². The maximum absolute atomic E-state index is 5.86. The lowest BCUT2D eigenvalue weighted by molar-refractivity contribution is 0.254. The highest BCUT2D eigenvalue weighted by molar-refractivity contribution is 7.49. The Hall–Kier alpha value is 0.350. The van der Waals surface area contributed by atoms with Crippen molar-refractivity contribution in [2.24, 2.45) is 0 Å². The highest BCUT2D eigenvalue weighted by Gasteiger charge is 2.20. The van der Waals surface area contributed by atoms with Gasteiger partial charge in [-0.1, -0.05) is 13.3 Å². The van der Waals surface area contributed by atoms with Gasteiger partial charge in [-0.15, -0.1) is 0 Å². The van der Waals surface area contributed by atoms with Crippen molar-refractivity contribution in [3.63, 3.8) is 0 Å². The van der Waals surface area contributed by atoms with Gasteiger partial charge in [0.05, 0.1) is 6.61 Å². The molecule has 0 bridgehead atoms. The SMILES string of the molecule is CCCCOP(C)N(C(C)C)C(C)C. The van der Waals surface area contributed by atoms with Gasteiger partial charge in [0.25, 0.3) is 0 Å². The van der Waals surface area contributed by atoms with Gasteiger partial charge in [-0.05, 0) is 40.8 Å². The highest BCUT2D eigenvalue weighted by atomic mass is 31.2. The van der Waals surface area contributed by atoms with E-state index in [4.69, 9.17) is 4.52 Å². The molecule has 3 heteroatoms. The van der Waals surface area contributed by atoms with E-state index in [1.54, 1.807) is 0 Å². The van der Waals surface area contributed by atoms with Crippen LogP contribution in [-0.2, 0) is 4.52 Å². The Balaban J connectivity index is 3.96. The smallest absolute Gasteiger partial charge is 0.101 e. The molecular weight excluding hydrogens is 193 g/mol. The van der Waals surface area contributed by atoms with Crippen molar-refractivity contribution in [2.45, 2.75) is 59.5 Å². The van der Waals surface area contributed by atoms with Crippen LogP contribution in [-0.4, -0.2) is 30.0 Å². The summed E-state index contributed by atoms with van der Waals surface area (Å²) in [6.45, 7) is 14.3. The van der Waals surface area contributed by atoms with Crippen LogP contribution in [0.3, 0.4) is 0 Å². The minimum absolute atomic E-state index is 0.401. The van der Waals surface area contributed by atoms with E-state index in [0.29, 0.717) is 12.1 Å². The number of unbranched alkanes of at least 4 members (excludes halogenated alkanes) is 1. The van der Waals surface area contributed by atoms with E-state index in [1.165, 1.54) is 12.8 Å². The first-order valence-corrected chi connectivity index (χ1v) is 7.31. The number of rotatable bonds is 7. The molecule has 0 aromatic rings. The highest BCUT2D eigenvalue weighted by Crippen LogP contribution is 2.40. The lowest BCUT2D eigenvalue weighted by Gasteiger charge is -2.35. The molecule has 0 aliphatic rings.